The highest BCUT2D eigenvalue weighted by Crippen LogP contribution is 2.21. The lowest BCUT2D eigenvalue weighted by atomic mass is 9.94. The Balaban J connectivity index is 2.52. The van der Waals surface area contributed by atoms with Crippen LogP contribution in [0.25, 0.3) is 0 Å². The Morgan fingerprint density at radius 1 is 1.16 bits per heavy atom. The zero-order valence-electron chi connectivity index (χ0n) is 12.3. The summed E-state index contributed by atoms with van der Waals surface area (Å²) in [5, 5.41) is 8.87. The van der Waals surface area contributed by atoms with Gasteiger partial charge in [0, 0.05) is 19.1 Å². The average Bonchev–Trinajstić information content (AvgIpc) is 2.37. The second-order valence-electron chi connectivity index (χ2n) is 5.69. The second-order valence-corrected chi connectivity index (χ2v) is 5.69. The molecule has 5 nitrogen and oxygen atoms in total. The molecule has 19 heavy (non-hydrogen) atoms. The summed E-state index contributed by atoms with van der Waals surface area (Å²) in [6, 6.07) is 0.389. The van der Waals surface area contributed by atoms with Gasteiger partial charge < -0.3 is 10.0 Å². The molecule has 0 atom stereocenters. The predicted molar refractivity (Wildman–Crippen MR) is 74.0 cm³/mol. The van der Waals surface area contributed by atoms with Gasteiger partial charge in [0.15, 0.2) is 0 Å². The molecule has 0 aromatic carbocycles. The molecule has 1 rings (SSSR count). The highest BCUT2D eigenvalue weighted by molar-refractivity contribution is 5.79. The van der Waals surface area contributed by atoms with Crippen LogP contribution in [0.4, 0.5) is 0 Å². The summed E-state index contributed by atoms with van der Waals surface area (Å²) in [5.41, 5.74) is 0. The zero-order chi connectivity index (χ0) is 14.4. The quantitative estimate of drug-likeness (QED) is 0.796. The molecule has 5 heteroatoms. The van der Waals surface area contributed by atoms with Gasteiger partial charge in [-0.3, -0.25) is 14.5 Å². The minimum atomic E-state index is -0.887. The standard InChI is InChI=1S/C14H26N2O3/c1-11(2)16(10-14(18)19)9-13(17)15(3)12-7-5-4-6-8-12/h11-12H,4-10H2,1-3H3,(H,18,19). The van der Waals surface area contributed by atoms with E-state index >= 15 is 0 Å². The molecule has 0 spiro atoms. The lowest BCUT2D eigenvalue weighted by Crippen LogP contribution is -2.47. The fraction of sp³-hybridized carbons (Fsp3) is 0.857. The van der Waals surface area contributed by atoms with Crippen LogP contribution >= 0.6 is 0 Å². The van der Waals surface area contributed by atoms with E-state index in [0.717, 1.165) is 12.8 Å². The van der Waals surface area contributed by atoms with Crippen LogP contribution in [-0.2, 0) is 9.59 Å². The number of rotatable bonds is 6. The van der Waals surface area contributed by atoms with Crippen LogP contribution in [0, 0.1) is 0 Å². The number of aliphatic carboxylic acids is 1. The maximum absolute atomic E-state index is 12.2. The molecule has 0 aromatic rings. The minimum absolute atomic E-state index is 0.0295. The van der Waals surface area contributed by atoms with Crippen molar-refractivity contribution in [2.75, 3.05) is 20.1 Å². The third-order valence-corrected chi connectivity index (χ3v) is 3.92. The molecule has 1 aliphatic rings. The summed E-state index contributed by atoms with van der Waals surface area (Å²) in [6.45, 7) is 3.94. The van der Waals surface area contributed by atoms with Crippen LogP contribution in [0.2, 0.25) is 0 Å². The van der Waals surface area contributed by atoms with Crippen molar-refractivity contribution >= 4 is 11.9 Å². The molecule has 0 radical (unpaired) electrons. The Bertz CT molecular complexity index is 312. The van der Waals surface area contributed by atoms with Crippen LogP contribution < -0.4 is 0 Å². The van der Waals surface area contributed by atoms with Gasteiger partial charge in [0.05, 0.1) is 13.1 Å². The molecule has 0 aromatic heterocycles. The molecule has 0 saturated heterocycles. The van der Waals surface area contributed by atoms with Gasteiger partial charge in [-0.15, -0.1) is 0 Å². The van der Waals surface area contributed by atoms with E-state index in [2.05, 4.69) is 0 Å². The summed E-state index contributed by atoms with van der Waals surface area (Å²) in [7, 11) is 1.84. The first-order valence-corrected chi connectivity index (χ1v) is 7.13. The SMILES string of the molecule is CC(C)N(CC(=O)O)CC(=O)N(C)C1CCCCC1. The molecule has 1 fully saturated rings. The predicted octanol–water partition coefficient (Wildman–Crippen LogP) is 1.57. The Morgan fingerprint density at radius 3 is 2.21 bits per heavy atom. The smallest absolute Gasteiger partial charge is 0.317 e. The van der Waals surface area contributed by atoms with E-state index < -0.39 is 5.97 Å². The number of carbonyl (C=O) groups excluding carboxylic acids is 1. The van der Waals surface area contributed by atoms with Crippen LogP contribution in [0.3, 0.4) is 0 Å². The normalized spacial score (nSPS) is 16.9. The van der Waals surface area contributed by atoms with Crippen molar-refractivity contribution in [2.45, 2.75) is 58.0 Å². The fourth-order valence-electron chi connectivity index (χ4n) is 2.55. The van der Waals surface area contributed by atoms with Crippen molar-refractivity contribution in [3.63, 3.8) is 0 Å². The van der Waals surface area contributed by atoms with Gasteiger partial charge in [-0.05, 0) is 26.7 Å². The van der Waals surface area contributed by atoms with E-state index in [9.17, 15) is 9.59 Å². The Morgan fingerprint density at radius 2 is 1.74 bits per heavy atom. The van der Waals surface area contributed by atoms with E-state index in [4.69, 9.17) is 5.11 Å². The third kappa shape index (κ3) is 5.19. The van der Waals surface area contributed by atoms with Crippen molar-refractivity contribution in [1.29, 1.82) is 0 Å². The van der Waals surface area contributed by atoms with E-state index in [1.807, 2.05) is 25.8 Å². The van der Waals surface area contributed by atoms with Gasteiger partial charge in [0.25, 0.3) is 0 Å². The minimum Gasteiger partial charge on any atom is -0.480 e. The van der Waals surface area contributed by atoms with Crippen LogP contribution in [0.1, 0.15) is 46.0 Å². The van der Waals surface area contributed by atoms with E-state index in [0.29, 0.717) is 6.04 Å². The molecule has 0 heterocycles. The van der Waals surface area contributed by atoms with Gasteiger partial charge in [-0.1, -0.05) is 19.3 Å². The molecule has 0 bridgehead atoms. The highest BCUT2D eigenvalue weighted by atomic mass is 16.4. The maximum Gasteiger partial charge on any atom is 0.317 e. The summed E-state index contributed by atoms with van der Waals surface area (Å²) < 4.78 is 0. The Labute approximate surface area is 115 Å². The first-order chi connectivity index (χ1) is 8.91. The summed E-state index contributed by atoms with van der Waals surface area (Å²) >= 11 is 0. The average molecular weight is 270 g/mol. The lowest BCUT2D eigenvalue weighted by molar-refractivity contribution is -0.140. The van der Waals surface area contributed by atoms with Crippen molar-refractivity contribution in [1.82, 2.24) is 9.80 Å². The fourth-order valence-corrected chi connectivity index (χ4v) is 2.55. The largest absolute Gasteiger partial charge is 0.480 e. The van der Waals surface area contributed by atoms with Crippen LogP contribution in [0.15, 0.2) is 0 Å². The van der Waals surface area contributed by atoms with E-state index in [1.54, 1.807) is 4.90 Å². The molecule has 1 amide bonds. The number of carboxylic acids is 1. The van der Waals surface area contributed by atoms with Gasteiger partial charge in [-0.25, -0.2) is 0 Å². The zero-order valence-corrected chi connectivity index (χ0v) is 12.3. The molecule has 0 unspecified atom stereocenters. The van der Waals surface area contributed by atoms with Gasteiger partial charge in [-0.2, -0.15) is 0 Å². The Hall–Kier alpha value is -1.10. The maximum atomic E-state index is 12.2. The number of nitrogens with zero attached hydrogens (tertiary/aromatic N) is 2. The molecule has 0 aliphatic heterocycles. The van der Waals surface area contributed by atoms with Gasteiger partial charge in [0.2, 0.25) is 5.91 Å². The lowest BCUT2D eigenvalue weighted by Gasteiger charge is -2.33. The molecular formula is C14H26N2O3. The van der Waals surface area contributed by atoms with Crippen molar-refractivity contribution in [3.8, 4) is 0 Å². The number of carbonyl (C=O) groups is 2. The Kier molecular flexibility index (Phi) is 6.28. The second kappa shape index (κ2) is 7.48. The number of amides is 1. The number of hydrogen-bond acceptors (Lipinski definition) is 3. The first kappa shape index (κ1) is 16.0. The van der Waals surface area contributed by atoms with E-state index in [-0.39, 0.29) is 25.0 Å². The van der Waals surface area contributed by atoms with Crippen LogP contribution in [0.5, 0.6) is 0 Å². The van der Waals surface area contributed by atoms with Gasteiger partial charge in [0.1, 0.15) is 0 Å². The van der Waals surface area contributed by atoms with Crippen LogP contribution in [-0.4, -0.2) is 59.0 Å². The monoisotopic (exact) mass is 270 g/mol. The first-order valence-electron chi connectivity index (χ1n) is 7.13. The summed E-state index contributed by atoms with van der Waals surface area (Å²) in [5.74, 6) is -0.858. The van der Waals surface area contributed by atoms with Crippen molar-refractivity contribution in [2.24, 2.45) is 0 Å². The summed E-state index contributed by atoms with van der Waals surface area (Å²) in [6.07, 6.45) is 5.78. The number of likely N-dealkylation sites (N-methyl/N-ethyl adjacent to an activating group) is 1. The van der Waals surface area contributed by atoms with Gasteiger partial charge >= 0.3 is 5.97 Å². The molecule has 1 N–H and O–H groups in total. The number of carboxylic acid groups (broad SMARTS) is 1. The highest BCUT2D eigenvalue weighted by Gasteiger charge is 2.24. The van der Waals surface area contributed by atoms with E-state index in [1.165, 1.54) is 19.3 Å². The number of hydrogen-bond donors (Lipinski definition) is 1. The topological polar surface area (TPSA) is 60.9 Å². The molecule has 1 aliphatic carbocycles. The molecular weight excluding hydrogens is 244 g/mol. The summed E-state index contributed by atoms with van der Waals surface area (Å²) in [4.78, 5) is 26.5. The third-order valence-electron chi connectivity index (χ3n) is 3.92. The molecule has 110 valence electrons. The van der Waals surface area contributed by atoms with Crippen molar-refractivity contribution < 1.29 is 14.7 Å². The van der Waals surface area contributed by atoms with Crippen molar-refractivity contribution in [3.05, 3.63) is 0 Å². The molecule has 1 saturated carbocycles.